The molecule has 1 heterocycles. The van der Waals surface area contributed by atoms with Crippen molar-refractivity contribution < 1.29 is 19.4 Å². The summed E-state index contributed by atoms with van der Waals surface area (Å²) in [6.45, 7) is 6.86. The summed E-state index contributed by atoms with van der Waals surface area (Å²) in [4.78, 5) is 36.6. The lowest BCUT2D eigenvalue weighted by atomic mass is 10.0. The number of carboxylic acid groups (broad SMARTS) is 1. The van der Waals surface area contributed by atoms with Crippen molar-refractivity contribution in [3.8, 4) is 11.5 Å². The number of nitrogens with zero attached hydrogens (tertiary/aromatic N) is 3. The summed E-state index contributed by atoms with van der Waals surface area (Å²) >= 11 is 0. The molecule has 2 N–H and O–H groups in total. The van der Waals surface area contributed by atoms with Crippen molar-refractivity contribution in [2.45, 2.75) is 84.3 Å². The topological polar surface area (TPSA) is 125 Å². The Hall–Kier alpha value is -3.30. The SMILES string of the molecule is CCCCCCCn1c(=O)c(NCCCOc2ccc(OC(C)(CCC)C(=O)O)cc2)nn(C)c1=O. The fraction of sp³-hybridized carbons (Fsp3) is 0.615. The molecule has 1 atom stereocenters. The third-order valence-corrected chi connectivity index (χ3v) is 5.92. The van der Waals surface area contributed by atoms with Gasteiger partial charge in [-0.25, -0.2) is 14.3 Å². The van der Waals surface area contributed by atoms with Gasteiger partial charge in [0, 0.05) is 20.1 Å². The Morgan fingerprint density at radius 2 is 1.69 bits per heavy atom. The van der Waals surface area contributed by atoms with Gasteiger partial charge in [-0.15, -0.1) is 5.10 Å². The molecule has 0 amide bonds. The second-order valence-corrected chi connectivity index (χ2v) is 9.11. The molecule has 0 radical (unpaired) electrons. The monoisotopic (exact) mass is 504 g/mol. The van der Waals surface area contributed by atoms with Crippen LogP contribution in [0.4, 0.5) is 5.82 Å². The molecule has 2 rings (SSSR count). The summed E-state index contributed by atoms with van der Waals surface area (Å²) in [6.07, 6.45) is 6.85. The molecule has 10 heteroatoms. The fourth-order valence-corrected chi connectivity index (χ4v) is 3.82. The summed E-state index contributed by atoms with van der Waals surface area (Å²) in [7, 11) is 1.54. The van der Waals surface area contributed by atoms with Crippen molar-refractivity contribution in [1.82, 2.24) is 14.3 Å². The van der Waals surface area contributed by atoms with E-state index in [0.717, 1.165) is 32.1 Å². The van der Waals surface area contributed by atoms with Crippen LogP contribution in [0.2, 0.25) is 0 Å². The molecule has 0 fully saturated rings. The molecular weight excluding hydrogens is 464 g/mol. The molecule has 0 saturated carbocycles. The van der Waals surface area contributed by atoms with Crippen LogP contribution in [0.3, 0.4) is 0 Å². The van der Waals surface area contributed by atoms with E-state index >= 15 is 0 Å². The van der Waals surface area contributed by atoms with E-state index in [1.165, 1.54) is 16.3 Å². The zero-order chi connectivity index (χ0) is 26.6. The van der Waals surface area contributed by atoms with Crippen LogP contribution in [0.1, 0.15) is 72.1 Å². The van der Waals surface area contributed by atoms with Gasteiger partial charge in [0.05, 0.1) is 6.61 Å². The van der Waals surface area contributed by atoms with E-state index in [-0.39, 0.29) is 5.82 Å². The van der Waals surface area contributed by atoms with Crippen LogP contribution in [0.5, 0.6) is 11.5 Å². The second-order valence-electron chi connectivity index (χ2n) is 9.11. The van der Waals surface area contributed by atoms with Gasteiger partial charge in [-0.3, -0.25) is 9.36 Å². The third-order valence-electron chi connectivity index (χ3n) is 5.92. The summed E-state index contributed by atoms with van der Waals surface area (Å²) in [5.41, 5.74) is -2.08. The number of hydrogen-bond donors (Lipinski definition) is 2. The van der Waals surface area contributed by atoms with Crippen molar-refractivity contribution in [3.05, 3.63) is 45.1 Å². The lowest BCUT2D eigenvalue weighted by molar-refractivity contribution is -0.154. The number of benzene rings is 1. The Bertz CT molecular complexity index is 1080. The van der Waals surface area contributed by atoms with E-state index in [4.69, 9.17) is 9.47 Å². The van der Waals surface area contributed by atoms with Gasteiger partial charge in [-0.1, -0.05) is 46.0 Å². The van der Waals surface area contributed by atoms with Gasteiger partial charge < -0.3 is 19.9 Å². The Kier molecular flexibility index (Phi) is 11.5. The number of aryl methyl sites for hydroxylation is 1. The second kappa shape index (κ2) is 14.3. The van der Waals surface area contributed by atoms with Crippen molar-refractivity contribution in [2.75, 3.05) is 18.5 Å². The standard InChI is InChI=1S/C26H40N4O6/c1-5-7-8-9-10-18-30-23(31)22(28-29(4)25(30)34)27-17-11-19-35-20-12-14-21(15-13-20)36-26(3,16-6-2)24(32)33/h12-15H,5-11,16-19H2,1-4H3,(H,27,28)(H,32,33). The van der Waals surface area contributed by atoms with Gasteiger partial charge in [0.1, 0.15) is 11.5 Å². The molecule has 36 heavy (non-hydrogen) atoms. The number of anilines is 1. The van der Waals surface area contributed by atoms with Crippen LogP contribution in [0.25, 0.3) is 0 Å². The molecular formula is C26H40N4O6. The molecule has 0 saturated heterocycles. The lowest BCUT2D eigenvalue weighted by Gasteiger charge is -2.26. The molecule has 10 nitrogen and oxygen atoms in total. The molecule has 2 aromatic rings. The molecule has 0 aliphatic carbocycles. The molecule has 0 aliphatic heterocycles. The number of carbonyl (C=O) groups is 1. The van der Waals surface area contributed by atoms with E-state index in [1.807, 2.05) is 6.92 Å². The number of nitrogens with one attached hydrogen (secondary N) is 1. The normalized spacial score (nSPS) is 12.7. The van der Waals surface area contributed by atoms with Gasteiger partial charge >= 0.3 is 11.7 Å². The highest BCUT2D eigenvalue weighted by Crippen LogP contribution is 2.25. The zero-order valence-electron chi connectivity index (χ0n) is 21.9. The first-order valence-corrected chi connectivity index (χ1v) is 12.8. The number of hydrogen-bond acceptors (Lipinski definition) is 7. The summed E-state index contributed by atoms with van der Waals surface area (Å²) in [5, 5.41) is 16.5. The van der Waals surface area contributed by atoms with Gasteiger partial charge in [0.25, 0.3) is 5.56 Å². The number of unbranched alkanes of at least 4 members (excludes halogenated alkanes) is 4. The maximum absolute atomic E-state index is 12.7. The van der Waals surface area contributed by atoms with Gasteiger partial charge in [0.15, 0.2) is 0 Å². The van der Waals surface area contributed by atoms with Crippen molar-refractivity contribution in [3.63, 3.8) is 0 Å². The molecule has 200 valence electrons. The first-order chi connectivity index (χ1) is 17.2. The van der Waals surface area contributed by atoms with Gasteiger partial charge in [0.2, 0.25) is 11.4 Å². The molecule has 0 bridgehead atoms. The minimum atomic E-state index is -1.27. The maximum atomic E-state index is 12.7. The predicted octanol–water partition coefficient (Wildman–Crippen LogP) is 3.82. The Labute approximate surface area is 212 Å². The van der Waals surface area contributed by atoms with E-state index in [1.54, 1.807) is 31.2 Å². The van der Waals surface area contributed by atoms with E-state index in [9.17, 15) is 19.5 Å². The number of carboxylic acids is 1. The van der Waals surface area contributed by atoms with Crippen molar-refractivity contribution in [2.24, 2.45) is 7.05 Å². The average molecular weight is 505 g/mol. The van der Waals surface area contributed by atoms with Crippen molar-refractivity contribution in [1.29, 1.82) is 0 Å². The average Bonchev–Trinajstić information content (AvgIpc) is 2.84. The predicted molar refractivity (Wildman–Crippen MR) is 139 cm³/mol. The quantitative estimate of drug-likeness (QED) is 0.312. The van der Waals surface area contributed by atoms with Crippen LogP contribution >= 0.6 is 0 Å². The summed E-state index contributed by atoms with van der Waals surface area (Å²) < 4.78 is 13.9. The van der Waals surface area contributed by atoms with Crippen LogP contribution < -0.4 is 26.0 Å². The highest BCUT2D eigenvalue weighted by Gasteiger charge is 2.34. The minimum absolute atomic E-state index is 0.153. The number of aromatic nitrogens is 3. The fourth-order valence-electron chi connectivity index (χ4n) is 3.82. The Balaban J connectivity index is 1.84. The van der Waals surface area contributed by atoms with E-state index < -0.39 is 22.8 Å². The van der Waals surface area contributed by atoms with Crippen LogP contribution in [0, 0.1) is 0 Å². The molecule has 0 spiro atoms. The molecule has 1 aromatic heterocycles. The van der Waals surface area contributed by atoms with Gasteiger partial charge in [-0.05, 0) is 50.5 Å². The summed E-state index contributed by atoms with van der Waals surface area (Å²) in [5.74, 6) is 0.245. The highest BCUT2D eigenvalue weighted by atomic mass is 16.5. The molecule has 0 aliphatic rings. The Morgan fingerprint density at radius 3 is 2.33 bits per heavy atom. The molecule has 1 aromatic carbocycles. The highest BCUT2D eigenvalue weighted by molar-refractivity contribution is 5.77. The van der Waals surface area contributed by atoms with Crippen molar-refractivity contribution >= 4 is 11.8 Å². The molecule has 1 unspecified atom stereocenters. The minimum Gasteiger partial charge on any atom is -0.494 e. The number of ether oxygens (including phenoxy) is 2. The number of rotatable bonds is 17. The van der Waals surface area contributed by atoms with Crippen LogP contribution in [0.15, 0.2) is 33.9 Å². The van der Waals surface area contributed by atoms with Crippen LogP contribution in [-0.2, 0) is 18.4 Å². The lowest BCUT2D eigenvalue weighted by Crippen LogP contribution is -2.42. The smallest absolute Gasteiger partial charge is 0.347 e. The van der Waals surface area contributed by atoms with Gasteiger partial charge in [-0.2, -0.15) is 0 Å². The van der Waals surface area contributed by atoms with Crippen LogP contribution in [-0.4, -0.2) is 44.2 Å². The maximum Gasteiger partial charge on any atom is 0.347 e. The largest absolute Gasteiger partial charge is 0.494 e. The van der Waals surface area contributed by atoms with E-state index in [0.29, 0.717) is 50.5 Å². The first-order valence-electron chi connectivity index (χ1n) is 12.8. The Morgan fingerprint density at radius 1 is 1.03 bits per heavy atom. The number of aliphatic carboxylic acids is 1. The third kappa shape index (κ3) is 8.42. The zero-order valence-corrected chi connectivity index (χ0v) is 21.9. The first kappa shape index (κ1) is 28.9. The van der Waals surface area contributed by atoms with E-state index in [2.05, 4.69) is 17.3 Å². The summed E-state index contributed by atoms with van der Waals surface area (Å²) in [6, 6.07) is 6.82.